The largest absolute Gasteiger partial charge is 0.467 e. The molecule has 2 unspecified atom stereocenters. The van der Waals surface area contributed by atoms with Crippen LogP contribution in [0.4, 0.5) is 0 Å². The van der Waals surface area contributed by atoms with Crippen LogP contribution < -0.4 is 5.32 Å². The van der Waals surface area contributed by atoms with E-state index in [1.165, 1.54) is 0 Å². The van der Waals surface area contributed by atoms with E-state index >= 15 is 0 Å². The Morgan fingerprint density at radius 2 is 2.25 bits per heavy atom. The number of imidazole rings is 1. The quantitative estimate of drug-likeness (QED) is 0.844. The van der Waals surface area contributed by atoms with Crippen LogP contribution in [0.2, 0.25) is 0 Å². The van der Waals surface area contributed by atoms with E-state index in [0.717, 1.165) is 11.6 Å². The molecule has 2 rings (SSSR count). The van der Waals surface area contributed by atoms with Crippen LogP contribution in [0.1, 0.15) is 31.5 Å². The lowest BCUT2D eigenvalue weighted by Crippen LogP contribution is -2.41. The molecule has 0 saturated carbocycles. The molecule has 2 aromatic heterocycles. The fourth-order valence-electron chi connectivity index (χ4n) is 2.22. The van der Waals surface area contributed by atoms with Gasteiger partial charge >= 0.3 is 0 Å². The lowest BCUT2D eigenvalue weighted by Gasteiger charge is -2.26. The summed E-state index contributed by atoms with van der Waals surface area (Å²) in [6.45, 7) is 5.00. The van der Waals surface area contributed by atoms with Crippen molar-refractivity contribution in [2.75, 3.05) is 13.7 Å². The molecule has 0 saturated heterocycles. The highest BCUT2D eigenvalue weighted by molar-refractivity contribution is 5.16. The predicted octanol–water partition coefficient (Wildman–Crippen LogP) is 2.36. The van der Waals surface area contributed by atoms with Crippen molar-refractivity contribution >= 4 is 0 Å². The summed E-state index contributed by atoms with van der Waals surface area (Å²) in [5.41, 5.74) is 0. The molecule has 0 spiro atoms. The van der Waals surface area contributed by atoms with Crippen LogP contribution in [0.15, 0.2) is 35.2 Å². The first-order chi connectivity index (χ1) is 9.63. The van der Waals surface area contributed by atoms with Gasteiger partial charge in [0, 0.05) is 32.6 Å². The molecule has 0 aliphatic carbocycles. The number of rotatable bonds is 7. The van der Waals surface area contributed by atoms with Gasteiger partial charge in [0.1, 0.15) is 17.6 Å². The Morgan fingerprint density at radius 3 is 2.75 bits per heavy atom. The summed E-state index contributed by atoms with van der Waals surface area (Å²) in [5.74, 6) is 2.25. The van der Waals surface area contributed by atoms with Crippen LogP contribution in [-0.4, -0.2) is 29.3 Å². The van der Waals surface area contributed by atoms with Gasteiger partial charge < -0.3 is 13.7 Å². The SMILES string of the molecule is COCC(NC(c1ccco1)c1nccn1C)C(C)C. The topological polar surface area (TPSA) is 52.2 Å². The highest BCUT2D eigenvalue weighted by Gasteiger charge is 2.25. The Bertz CT molecular complexity index is 505. The van der Waals surface area contributed by atoms with E-state index in [2.05, 4.69) is 24.1 Å². The molecule has 2 atom stereocenters. The zero-order valence-electron chi connectivity index (χ0n) is 12.5. The number of hydrogen-bond acceptors (Lipinski definition) is 4. The highest BCUT2D eigenvalue weighted by Crippen LogP contribution is 2.22. The van der Waals surface area contributed by atoms with E-state index in [0.29, 0.717) is 12.5 Å². The number of furan rings is 1. The maximum Gasteiger partial charge on any atom is 0.133 e. The van der Waals surface area contributed by atoms with Crippen LogP contribution in [0.5, 0.6) is 0 Å². The van der Waals surface area contributed by atoms with Gasteiger partial charge in [-0.1, -0.05) is 13.8 Å². The Kier molecular flexibility index (Phi) is 4.98. The minimum atomic E-state index is -0.0763. The Morgan fingerprint density at radius 1 is 1.45 bits per heavy atom. The fraction of sp³-hybridized carbons (Fsp3) is 0.533. The summed E-state index contributed by atoms with van der Waals surface area (Å²) in [6.07, 6.45) is 5.43. The molecular formula is C15H23N3O2. The lowest BCUT2D eigenvalue weighted by molar-refractivity contribution is 0.140. The van der Waals surface area contributed by atoms with Gasteiger partial charge in [0.15, 0.2) is 0 Å². The van der Waals surface area contributed by atoms with Gasteiger partial charge in [0.05, 0.1) is 12.9 Å². The second-order valence-electron chi connectivity index (χ2n) is 5.32. The van der Waals surface area contributed by atoms with Crippen molar-refractivity contribution in [3.63, 3.8) is 0 Å². The van der Waals surface area contributed by atoms with Crippen molar-refractivity contribution in [1.82, 2.24) is 14.9 Å². The molecule has 0 fully saturated rings. The van der Waals surface area contributed by atoms with Gasteiger partial charge in [0.25, 0.3) is 0 Å². The van der Waals surface area contributed by atoms with Gasteiger partial charge in [-0.2, -0.15) is 0 Å². The second kappa shape index (κ2) is 6.72. The maximum atomic E-state index is 5.58. The summed E-state index contributed by atoms with van der Waals surface area (Å²) < 4.78 is 12.9. The normalized spacial score (nSPS) is 14.7. The van der Waals surface area contributed by atoms with E-state index in [9.17, 15) is 0 Å². The van der Waals surface area contributed by atoms with Crippen LogP contribution in [0, 0.1) is 5.92 Å². The fourth-order valence-corrected chi connectivity index (χ4v) is 2.22. The molecule has 2 aromatic rings. The van der Waals surface area contributed by atoms with E-state index < -0.39 is 0 Å². The minimum Gasteiger partial charge on any atom is -0.467 e. The zero-order chi connectivity index (χ0) is 14.5. The van der Waals surface area contributed by atoms with Crippen molar-refractivity contribution in [3.05, 3.63) is 42.4 Å². The number of nitrogens with one attached hydrogen (secondary N) is 1. The number of methoxy groups -OCH3 is 1. The molecule has 5 heteroatoms. The summed E-state index contributed by atoms with van der Waals surface area (Å²) in [6, 6.07) is 4.02. The van der Waals surface area contributed by atoms with Crippen molar-refractivity contribution in [2.45, 2.75) is 25.9 Å². The third-order valence-corrected chi connectivity index (χ3v) is 3.48. The average molecular weight is 277 g/mol. The summed E-state index contributed by atoms with van der Waals surface area (Å²) in [5, 5.41) is 3.60. The van der Waals surface area contributed by atoms with Crippen molar-refractivity contribution in [1.29, 1.82) is 0 Å². The number of hydrogen-bond donors (Lipinski definition) is 1. The summed E-state index contributed by atoms with van der Waals surface area (Å²) in [7, 11) is 3.71. The minimum absolute atomic E-state index is 0.0763. The molecule has 110 valence electrons. The summed E-state index contributed by atoms with van der Waals surface area (Å²) in [4.78, 5) is 4.44. The Balaban J connectivity index is 2.26. The van der Waals surface area contributed by atoms with Crippen LogP contribution in [0.3, 0.4) is 0 Å². The molecule has 20 heavy (non-hydrogen) atoms. The van der Waals surface area contributed by atoms with Crippen LogP contribution in [-0.2, 0) is 11.8 Å². The molecular weight excluding hydrogens is 254 g/mol. The Hall–Kier alpha value is -1.59. The van der Waals surface area contributed by atoms with E-state index in [1.54, 1.807) is 19.6 Å². The molecule has 1 N–H and O–H groups in total. The van der Waals surface area contributed by atoms with Gasteiger partial charge in [-0.25, -0.2) is 4.98 Å². The van der Waals surface area contributed by atoms with Crippen LogP contribution >= 0.6 is 0 Å². The molecule has 0 bridgehead atoms. The molecule has 0 amide bonds. The number of ether oxygens (including phenoxy) is 1. The third kappa shape index (κ3) is 3.29. The summed E-state index contributed by atoms with van der Waals surface area (Å²) >= 11 is 0. The predicted molar refractivity (Wildman–Crippen MR) is 77.4 cm³/mol. The number of nitrogens with zero attached hydrogens (tertiary/aromatic N) is 2. The standard InChI is InChI=1S/C15H23N3O2/c1-11(2)12(10-19-4)17-14(13-6-5-9-20-13)15-16-7-8-18(15)3/h5-9,11-12,14,17H,10H2,1-4H3. The number of aromatic nitrogens is 2. The first-order valence-corrected chi connectivity index (χ1v) is 6.89. The molecule has 2 heterocycles. The van der Waals surface area contributed by atoms with Crippen molar-refractivity contribution in [2.24, 2.45) is 13.0 Å². The molecule has 0 aliphatic heterocycles. The van der Waals surface area contributed by atoms with E-state index in [4.69, 9.17) is 9.15 Å². The van der Waals surface area contributed by atoms with E-state index in [-0.39, 0.29) is 12.1 Å². The van der Waals surface area contributed by atoms with Crippen molar-refractivity contribution < 1.29 is 9.15 Å². The monoisotopic (exact) mass is 277 g/mol. The maximum absolute atomic E-state index is 5.58. The van der Waals surface area contributed by atoms with Gasteiger partial charge in [-0.15, -0.1) is 0 Å². The van der Waals surface area contributed by atoms with Crippen molar-refractivity contribution in [3.8, 4) is 0 Å². The first kappa shape index (κ1) is 14.8. The average Bonchev–Trinajstić information content (AvgIpc) is 3.06. The number of aryl methyl sites for hydroxylation is 1. The van der Waals surface area contributed by atoms with Gasteiger partial charge in [0.2, 0.25) is 0 Å². The van der Waals surface area contributed by atoms with Gasteiger partial charge in [-0.05, 0) is 18.1 Å². The molecule has 0 radical (unpaired) electrons. The Labute approximate surface area is 120 Å². The molecule has 5 nitrogen and oxygen atoms in total. The smallest absolute Gasteiger partial charge is 0.133 e. The highest BCUT2D eigenvalue weighted by atomic mass is 16.5. The van der Waals surface area contributed by atoms with E-state index in [1.807, 2.05) is 29.9 Å². The molecule has 0 aliphatic rings. The second-order valence-corrected chi connectivity index (χ2v) is 5.32. The zero-order valence-corrected chi connectivity index (χ0v) is 12.5. The first-order valence-electron chi connectivity index (χ1n) is 6.89. The molecule has 0 aromatic carbocycles. The lowest BCUT2D eigenvalue weighted by atomic mass is 10.0. The third-order valence-electron chi connectivity index (χ3n) is 3.48. The van der Waals surface area contributed by atoms with Gasteiger partial charge in [-0.3, -0.25) is 5.32 Å². The van der Waals surface area contributed by atoms with Crippen LogP contribution in [0.25, 0.3) is 0 Å².